The molecule has 0 aromatic carbocycles. The molecule has 0 saturated carbocycles. The Bertz CT molecular complexity index is 585. The van der Waals surface area contributed by atoms with Crippen molar-refractivity contribution in [3.05, 3.63) is 29.6 Å². The molecule has 2 fully saturated rings. The Morgan fingerprint density at radius 1 is 1.43 bits per heavy atom. The van der Waals surface area contributed by atoms with Crippen molar-refractivity contribution >= 4 is 12.7 Å². The molecule has 2 aliphatic heterocycles. The number of ether oxygens (including phenoxy) is 1. The molecule has 0 atom stereocenters. The number of nitriles is 1. The highest BCUT2D eigenvalue weighted by Gasteiger charge is 2.34. The van der Waals surface area contributed by atoms with Crippen LogP contribution < -0.4 is 0 Å². The smallest absolute Gasteiger partial charge is 0.308 e. The maximum Gasteiger partial charge on any atom is 0.308 e. The number of aromatic nitrogens is 1. The van der Waals surface area contributed by atoms with Crippen LogP contribution in [0.2, 0.25) is 12.6 Å². The number of piperidine rings is 1. The third kappa shape index (κ3) is 3.73. The molecule has 3 rings (SSSR count). The Labute approximate surface area is 137 Å². The Balaban J connectivity index is 1.48. The summed E-state index contributed by atoms with van der Waals surface area (Å²) in [7, 11) is 1.46. The molecule has 0 unspecified atom stereocenters. The molecule has 0 bridgehead atoms. The molecule has 0 N–H and O–H groups in total. The van der Waals surface area contributed by atoms with Gasteiger partial charge in [-0.3, -0.25) is 14.7 Å². The first-order chi connectivity index (χ1) is 11.2. The van der Waals surface area contributed by atoms with Gasteiger partial charge in [-0.25, -0.2) is 5.26 Å². The summed E-state index contributed by atoms with van der Waals surface area (Å²) in [5, 5.41) is 8.85. The molecule has 0 amide bonds. The number of nitrogens with zero attached hydrogens (tertiary/aromatic N) is 3. The van der Waals surface area contributed by atoms with E-state index in [0.29, 0.717) is 5.92 Å². The minimum atomic E-state index is -0.0803. The van der Waals surface area contributed by atoms with Gasteiger partial charge in [-0.15, -0.1) is 0 Å². The number of likely N-dealkylation sites (tertiary alicyclic amines) is 1. The molecule has 1 aromatic heterocycles. The SMILES string of the molecule is COC(=O)C1CCN(Cc2ccc(C3CB(C#N)C3)cn2)CC1. The third-order valence-corrected chi connectivity index (χ3v) is 5.15. The number of rotatable bonds is 4. The van der Waals surface area contributed by atoms with Gasteiger partial charge in [0, 0.05) is 18.7 Å². The van der Waals surface area contributed by atoms with Gasteiger partial charge in [-0.1, -0.05) is 18.7 Å². The second-order valence-electron chi connectivity index (χ2n) is 6.65. The van der Waals surface area contributed by atoms with Crippen molar-refractivity contribution in [3.63, 3.8) is 0 Å². The van der Waals surface area contributed by atoms with Crippen molar-refractivity contribution in [1.82, 2.24) is 9.88 Å². The summed E-state index contributed by atoms with van der Waals surface area (Å²) in [6, 6.07) is 4.25. The second-order valence-corrected chi connectivity index (χ2v) is 6.65. The first-order valence-corrected chi connectivity index (χ1v) is 8.34. The van der Waals surface area contributed by atoms with Crippen LogP contribution in [-0.2, 0) is 16.1 Å². The lowest BCUT2D eigenvalue weighted by molar-refractivity contribution is -0.147. The lowest BCUT2D eigenvalue weighted by atomic mass is 9.32. The minimum Gasteiger partial charge on any atom is -0.469 e. The fourth-order valence-electron chi connectivity index (χ4n) is 3.49. The highest BCUT2D eigenvalue weighted by molar-refractivity contribution is 6.70. The first-order valence-electron chi connectivity index (χ1n) is 8.34. The monoisotopic (exact) mass is 311 g/mol. The van der Waals surface area contributed by atoms with Crippen molar-refractivity contribution in [2.24, 2.45) is 5.92 Å². The van der Waals surface area contributed by atoms with Crippen LogP contribution in [0.1, 0.15) is 30.0 Å². The molecular formula is C17H22BN3O2. The average Bonchev–Trinajstić information content (AvgIpc) is 2.55. The summed E-state index contributed by atoms with van der Waals surface area (Å²) in [5.41, 5.74) is 2.33. The number of carbonyl (C=O) groups is 1. The van der Waals surface area contributed by atoms with Crippen molar-refractivity contribution in [1.29, 1.82) is 5.26 Å². The fraction of sp³-hybridized carbons (Fsp3) is 0.588. The number of pyridine rings is 1. The minimum absolute atomic E-state index is 0.0540. The maximum atomic E-state index is 11.5. The van der Waals surface area contributed by atoms with Gasteiger partial charge >= 0.3 is 5.97 Å². The van der Waals surface area contributed by atoms with E-state index in [-0.39, 0.29) is 18.6 Å². The third-order valence-electron chi connectivity index (χ3n) is 5.15. The number of esters is 1. The van der Waals surface area contributed by atoms with Crippen LogP contribution in [0.25, 0.3) is 0 Å². The molecule has 2 saturated heterocycles. The summed E-state index contributed by atoms with van der Waals surface area (Å²) in [4.78, 5) is 18.5. The van der Waals surface area contributed by atoms with Crippen molar-refractivity contribution in [2.75, 3.05) is 20.2 Å². The highest BCUT2D eigenvalue weighted by Crippen LogP contribution is 2.37. The summed E-state index contributed by atoms with van der Waals surface area (Å²) in [6.07, 6.45) is 5.64. The van der Waals surface area contributed by atoms with E-state index in [1.165, 1.54) is 12.7 Å². The molecule has 0 aliphatic carbocycles. The zero-order valence-corrected chi connectivity index (χ0v) is 13.6. The second kappa shape index (κ2) is 7.14. The number of carbonyl (C=O) groups excluding carboxylic acids is 1. The Morgan fingerprint density at radius 3 is 2.74 bits per heavy atom. The van der Waals surface area contributed by atoms with Crippen LogP contribution in [-0.4, -0.2) is 42.8 Å². The molecule has 1 aromatic rings. The van der Waals surface area contributed by atoms with Gasteiger partial charge in [0.05, 0.1) is 18.7 Å². The fourth-order valence-corrected chi connectivity index (χ4v) is 3.49. The molecule has 120 valence electrons. The molecule has 2 aliphatic rings. The van der Waals surface area contributed by atoms with Gasteiger partial charge in [-0.2, -0.15) is 0 Å². The number of hydrogen-bond acceptors (Lipinski definition) is 5. The van der Waals surface area contributed by atoms with Crippen LogP contribution in [0.3, 0.4) is 0 Å². The lowest BCUT2D eigenvalue weighted by Gasteiger charge is -2.30. The summed E-state index contributed by atoms with van der Waals surface area (Å²) < 4.78 is 4.82. The maximum absolute atomic E-state index is 11.5. The zero-order chi connectivity index (χ0) is 16.2. The van der Waals surface area contributed by atoms with Crippen molar-refractivity contribution in [2.45, 2.75) is 37.9 Å². The summed E-state index contributed by atoms with van der Waals surface area (Å²) >= 11 is 0. The van der Waals surface area contributed by atoms with Gasteiger partial charge in [0.1, 0.15) is 0 Å². The van der Waals surface area contributed by atoms with E-state index < -0.39 is 0 Å². The molecule has 0 radical (unpaired) electrons. The highest BCUT2D eigenvalue weighted by atomic mass is 16.5. The average molecular weight is 311 g/mol. The van der Waals surface area contributed by atoms with Gasteiger partial charge in [0.25, 0.3) is 6.71 Å². The Morgan fingerprint density at radius 2 is 2.17 bits per heavy atom. The van der Waals surface area contributed by atoms with Crippen molar-refractivity contribution < 1.29 is 9.53 Å². The quantitative estimate of drug-likeness (QED) is 0.629. The van der Waals surface area contributed by atoms with Crippen LogP contribution in [0.5, 0.6) is 0 Å². The van der Waals surface area contributed by atoms with Gasteiger partial charge in [-0.05, 0) is 43.5 Å². The zero-order valence-electron chi connectivity index (χ0n) is 13.6. The molecule has 3 heterocycles. The van der Waals surface area contributed by atoms with E-state index in [2.05, 4.69) is 28.0 Å². The summed E-state index contributed by atoms with van der Waals surface area (Å²) in [6.45, 7) is 2.89. The molecule has 23 heavy (non-hydrogen) atoms. The molecule has 0 spiro atoms. The lowest BCUT2D eigenvalue weighted by Crippen LogP contribution is -2.36. The van der Waals surface area contributed by atoms with E-state index in [1.807, 2.05) is 6.20 Å². The normalized spacial score (nSPS) is 19.9. The van der Waals surface area contributed by atoms with E-state index in [1.54, 1.807) is 0 Å². The number of methoxy groups -OCH3 is 1. The molecule has 5 nitrogen and oxygen atoms in total. The first kappa shape index (κ1) is 16.0. The van der Waals surface area contributed by atoms with Gasteiger partial charge in [0.2, 0.25) is 0 Å². The predicted octanol–water partition coefficient (Wildman–Crippen LogP) is 2.12. The van der Waals surface area contributed by atoms with Crippen LogP contribution in [0, 0.1) is 17.1 Å². The molecule has 6 heteroatoms. The predicted molar refractivity (Wildman–Crippen MR) is 88.0 cm³/mol. The Kier molecular flexibility index (Phi) is 4.97. The van der Waals surface area contributed by atoms with Crippen LogP contribution >= 0.6 is 0 Å². The summed E-state index contributed by atoms with van der Waals surface area (Å²) in [5.74, 6) is 2.81. The van der Waals surface area contributed by atoms with E-state index in [0.717, 1.165) is 50.8 Å². The standard InChI is InChI=1S/C17H22BN3O2/c1-23-17(22)13-4-6-21(7-5-13)11-16-3-2-14(10-20-16)15-8-18(9-15)12-19/h2-3,10,13,15H,4-9,11H2,1H3. The van der Waals surface area contributed by atoms with Gasteiger partial charge < -0.3 is 4.74 Å². The molecular weight excluding hydrogens is 289 g/mol. The van der Waals surface area contributed by atoms with Gasteiger partial charge in [0.15, 0.2) is 0 Å². The van der Waals surface area contributed by atoms with Crippen LogP contribution in [0.4, 0.5) is 0 Å². The van der Waals surface area contributed by atoms with E-state index in [4.69, 9.17) is 10.00 Å². The van der Waals surface area contributed by atoms with Crippen molar-refractivity contribution in [3.8, 4) is 5.97 Å². The topological polar surface area (TPSA) is 66.2 Å². The van der Waals surface area contributed by atoms with E-state index >= 15 is 0 Å². The van der Waals surface area contributed by atoms with Crippen LogP contribution in [0.15, 0.2) is 18.3 Å². The largest absolute Gasteiger partial charge is 0.469 e. The number of hydrogen-bond donors (Lipinski definition) is 0. The Hall–Kier alpha value is -1.87. The van der Waals surface area contributed by atoms with E-state index in [9.17, 15) is 4.79 Å².